The van der Waals surface area contributed by atoms with Crippen molar-refractivity contribution in [1.82, 2.24) is 4.98 Å². The van der Waals surface area contributed by atoms with Crippen LogP contribution < -0.4 is 5.73 Å². The highest BCUT2D eigenvalue weighted by molar-refractivity contribution is 7.23. The zero-order valence-electron chi connectivity index (χ0n) is 18.3. The van der Waals surface area contributed by atoms with Crippen molar-refractivity contribution in [1.29, 1.82) is 0 Å². The number of rotatable bonds is 7. The Morgan fingerprint density at radius 3 is 2.56 bits per heavy atom. The highest BCUT2D eigenvalue weighted by Crippen LogP contribution is 2.39. The topological polar surface area (TPSA) is 38.9 Å². The molecule has 1 unspecified atom stereocenters. The molecule has 0 radical (unpaired) electrons. The zero-order chi connectivity index (χ0) is 22.4. The predicted octanol–water partition coefficient (Wildman–Crippen LogP) is 7.72. The Kier molecular flexibility index (Phi) is 7.26. The van der Waals surface area contributed by atoms with Crippen LogP contribution >= 0.6 is 34.0 Å². The minimum absolute atomic E-state index is 0.0925. The van der Waals surface area contributed by atoms with Gasteiger partial charge in [-0.05, 0) is 67.6 Å². The van der Waals surface area contributed by atoms with Gasteiger partial charge in [-0.25, -0.2) is 0 Å². The number of nitrogens with two attached hydrogens (primary N) is 1. The van der Waals surface area contributed by atoms with Gasteiger partial charge < -0.3 is 5.73 Å². The standard InChI is InChI=1S/C27H26N2S3/c1-3-4-7-20-10-14-26(31-20)27(2,17-18-28)16-15-21-9-11-24(30-21)25-13-12-23(32-25)22-8-5-6-19-29-22/h5-6,8-14,17-19H,3,15-16,28H2,1-2H3/b18-17-. The van der Waals surface area contributed by atoms with Crippen LogP contribution in [0.4, 0.5) is 0 Å². The number of hydrogen-bond acceptors (Lipinski definition) is 5. The Morgan fingerprint density at radius 2 is 1.78 bits per heavy atom. The van der Waals surface area contributed by atoms with Gasteiger partial charge in [0.25, 0.3) is 0 Å². The number of allylic oxidation sites excluding steroid dienone is 1. The van der Waals surface area contributed by atoms with Crippen LogP contribution in [-0.4, -0.2) is 4.98 Å². The molecule has 2 nitrogen and oxygen atoms in total. The van der Waals surface area contributed by atoms with Crippen molar-refractivity contribution in [3.8, 4) is 32.2 Å². The van der Waals surface area contributed by atoms with Gasteiger partial charge in [0.2, 0.25) is 0 Å². The maximum atomic E-state index is 5.83. The molecule has 0 bridgehead atoms. The summed E-state index contributed by atoms with van der Waals surface area (Å²) in [6, 6.07) is 19.3. The van der Waals surface area contributed by atoms with Crippen LogP contribution in [0.15, 0.2) is 73.1 Å². The van der Waals surface area contributed by atoms with Gasteiger partial charge in [0.05, 0.1) is 15.4 Å². The summed E-state index contributed by atoms with van der Waals surface area (Å²) in [6.45, 7) is 4.35. The number of pyridine rings is 1. The van der Waals surface area contributed by atoms with Crippen molar-refractivity contribution in [2.75, 3.05) is 0 Å². The van der Waals surface area contributed by atoms with E-state index in [4.69, 9.17) is 5.73 Å². The van der Waals surface area contributed by atoms with Crippen molar-refractivity contribution in [2.45, 2.75) is 38.5 Å². The quantitative estimate of drug-likeness (QED) is 0.278. The van der Waals surface area contributed by atoms with E-state index in [-0.39, 0.29) is 5.41 Å². The predicted molar refractivity (Wildman–Crippen MR) is 141 cm³/mol. The van der Waals surface area contributed by atoms with Gasteiger partial charge in [0.1, 0.15) is 0 Å². The van der Waals surface area contributed by atoms with E-state index in [9.17, 15) is 0 Å². The number of thiophene rings is 3. The fourth-order valence-corrected chi connectivity index (χ4v) is 6.65. The van der Waals surface area contributed by atoms with Crippen LogP contribution in [0.5, 0.6) is 0 Å². The minimum atomic E-state index is -0.0925. The molecule has 4 heterocycles. The maximum absolute atomic E-state index is 5.83. The Balaban J connectivity index is 1.48. The highest BCUT2D eigenvalue weighted by Gasteiger charge is 2.25. The van der Waals surface area contributed by atoms with Gasteiger partial charge in [-0.15, -0.1) is 34.0 Å². The Labute approximate surface area is 202 Å². The molecule has 4 rings (SSSR count). The molecule has 0 saturated carbocycles. The third kappa shape index (κ3) is 5.21. The van der Waals surface area contributed by atoms with Crippen LogP contribution in [0.25, 0.3) is 20.3 Å². The summed E-state index contributed by atoms with van der Waals surface area (Å²) in [5, 5.41) is 0. The third-order valence-electron chi connectivity index (χ3n) is 5.34. The monoisotopic (exact) mass is 474 g/mol. The summed E-state index contributed by atoms with van der Waals surface area (Å²) in [4.78, 5) is 12.1. The Hall–Kier alpha value is -2.65. The van der Waals surface area contributed by atoms with Gasteiger partial charge in [-0.2, -0.15) is 0 Å². The second kappa shape index (κ2) is 10.3. The first-order valence-electron chi connectivity index (χ1n) is 10.7. The third-order valence-corrected chi connectivity index (χ3v) is 9.07. The van der Waals surface area contributed by atoms with Gasteiger partial charge in [-0.3, -0.25) is 4.98 Å². The van der Waals surface area contributed by atoms with Crippen molar-refractivity contribution < 1.29 is 0 Å². The Bertz CT molecular complexity index is 1250. The van der Waals surface area contributed by atoms with E-state index in [0.29, 0.717) is 0 Å². The molecule has 0 aliphatic carbocycles. The number of aromatic nitrogens is 1. The first kappa shape index (κ1) is 22.5. The molecule has 0 amide bonds. The second-order valence-electron chi connectivity index (χ2n) is 7.74. The summed E-state index contributed by atoms with van der Waals surface area (Å²) in [6.07, 6.45) is 8.55. The Morgan fingerprint density at radius 1 is 0.969 bits per heavy atom. The van der Waals surface area contributed by atoms with Crippen LogP contribution in [0.2, 0.25) is 0 Å². The van der Waals surface area contributed by atoms with E-state index in [1.807, 2.05) is 29.7 Å². The molecule has 1 atom stereocenters. The molecule has 4 aromatic heterocycles. The lowest BCUT2D eigenvalue weighted by Gasteiger charge is -2.24. The van der Waals surface area contributed by atoms with Crippen molar-refractivity contribution in [3.63, 3.8) is 0 Å². The molecule has 0 spiro atoms. The SMILES string of the molecule is CCC#Cc1ccc(C(C)(/C=C\N)CCc2ccc(-c3ccc(-c4ccccn4)s3)s2)s1. The second-order valence-corrected chi connectivity index (χ2v) is 11.1. The fourth-order valence-electron chi connectivity index (χ4n) is 3.53. The zero-order valence-corrected chi connectivity index (χ0v) is 20.7. The van der Waals surface area contributed by atoms with Gasteiger partial charge in [-0.1, -0.05) is 37.8 Å². The minimum Gasteiger partial charge on any atom is -0.405 e. The summed E-state index contributed by atoms with van der Waals surface area (Å²) < 4.78 is 0. The molecule has 0 aliphatic rings. The smallest absolute Gasteiger partial charge is 0.0801 e. The lowest BCUT2D eigenvalue weighted by Crippen LogP contribution is -2.19. The van der Waals surface area contributed by atoms with Gasteiger partial charge >= 0.3 is 0 Å². The van der Waals surface area contributed by atoms with Crippen LogP contribution in [0.1, 0.15) is 41.3 Å². The lowest BCUT2D eigenvalue weighted by molar-refractivity contribution is 0.551. The van der Waals surface area contributed by atoms with E-state index in [2.05, 4.69) is 79.2 Å². The van der Waals surface area contributed by atoms with E-state index in [0.717, 1.165) is 29.8 Å². The first-order valence-corrected chi connectivity index (χ1v) is 13.1. The average molecular weight is 475 g/mol. The molecule has 0 aromatic carbocycles. The van der Waals surface area contributed by atoms with E-state index < -0.39 is 0 Å². The normalized spacial score (nSPS) is 13.1. The molecule has 162 valence electrons. The first-order chi connectivity index (χ1) is 15.6. The number of hydrogen-bond donors (Lipinski definition) is 1. The van der Waals surface area contributed by atoms with Gasteiger partial charge in [0.15, 0.2) is 0 Å². The molecule has 0 fully saturated rings. The van der Waals surface area contributed by atoms with E-state index in [1.54, 1.807) is 28.9 Å². The van der Waals surface area contributed by atoms with Crippen LogP contribution in [-0.2, 0) is 11.8 Å². The molecular formula is C27H26N2S3. The maximum Gasteiger partial charge on any atom is 0.0801 e. The van der Waals surface area contributed by atoms with Crippen molar-refractivity contribution in [3.05, 3.63) is 87.7 Å². The van der Waals surface area contributed by atoms with E-state index >= 15 is 0 Å². The summed E-state index contributed by atoms with van der Waals surface area (Å²) in [5.74, 6) is 6.42. The summed E-state index contributed by atoms with van der Waals surface area (Å²) in [5.41, 5.74) is 6.77. The molecule has 4 aromatic rings. The van der Waals surface area contributed by atoms with Crippen LogP contribution in [0.3, 0.4) is 0 Å². The van der Waals surface area contributed by atoms with Crippen molar-refractivity contribution >= 4 is 34.0 Å². The van der Waals surface area contributed by atoms with Crippen LogP contribution in [0, 0.1) is 11.8 Å². The molecule has 32 heavy (non-hydrogen) atoms. The average Bonchev–Trinajstić information content (AvgIpc) is 3.58. The van der Waals surface area contributed by atoms with Gasteiger partial charge in [0, 0.05) is 37.5 Å². The molecule has 5 heteroatoms. The fraction of sp³-hybridized carbons (Fsp3) is 0.222. The van der Waals surface area contributed by atoms with E-state index in [1.165, 1.54) is 24.4 Å². The number of nitrogens with zero attached hydrogens (tertiary/aromatic N) is 1. The molecule has 2 N–H and O–H groups in total. The lowest BCUT2D eigenvalue weighted by atomic mass is 9.83. The summed E-state index contributed by atoms with van der Waals surface area (Å²) >= 11 is 5.46. The molecule has 0 saturated heterocycles. The largest absolute Gasteiger partial charge is 0.405 e. The highest BCUT2D eigenvalue weighted by atomic mass is 32.1. The molecule has 0 aliphatic heterocycles. The van der Waals surface area contributed by atoms with Crippen molar-refractivity contribution in [2.24, 2.45) is 5.73 Å². The summed E-state index contributed by atoms with van der Waals surface area (Å²) in [7, 11) is 0. The number of aryl methyl sites for hydroxylation is 1. The molecular weight excluding hydrogens is 449 g/mol.